The maximum absolute atomic E-state index is 12.2. The summed E-state index contributed by atoms with van der Waals surface area (Å²) in [6, 6.07) is 2.13. The van der Waals surface area contributed by atoms with Gasteiger partial charge >= 0.3 is 0 Å². The van der Waals surface area contributed by atoms with Crippen molar-refractivity contribution in [1.82, 2.24) is 5.32 Å². The van der Waals surface area contributed by atoms with Crippen molar-refractivity contribution < 1.29 is 9.59 Å². The molecule has 3 nitrogen and oxygen atoms in total. The highest BCUT2D eigenvalue weighted by molar-refractivity contribution is 7.98. The summed E-state index contributed by atoms with van der Waals surface area (Å²) in [5, 5.41) is 7.20. The molecule has 5 heteroatoms. The van der Waals surface area contributed by atoms with Gasteiger partial charge in [-0.25, -0.2) is 0 Å². The van der Waals surface area contributed by atoms with Gasteiger partial charge in [0.15, 0.2) is 5.78 Å². The molecular formula is C17H17NO2S2. The van der Waals surface area contributed by atoms with Crippen LogP contribution in [0.2, 0.25) is 0 Å². The van der Waals surface area contributed by atoms with Crippen LogP contribution in [0.15, 0.2) is 52.3 Å². The van der Waals surface area contributed by atoms with E-state index in [-0.39, 0.29) is 17.6 Å². The van der Waals surface area contributed by atoms with Crippen molar-refractivity contribution in [2.75, 3.05) is 12.3 Å². The molecule has 2 bridgehead atoms. The number of Topliss-reactive ketones (excluding diaryl/α,β-unsaturated/α-hetero) is 1. The van der Waals surface area contributed by atoms with Gasteiger partial charge in [-0.1, -0.05) is 24.3 Å². The average Bonchev–Trinajstić information content (AvgIpc) is 2.99. The second-order valence-corrected chi connectivity index (χ2v) is 7.17. The second-order valence-electron chi connectivity index (χ2n) is 5.29. The van der Waals surface area contributed by atoms with Gasteiger partial charge in [-0.3, -0.25) is 9.59 Å². The molecule has 22 heavy (non-hydrogen) atoms. The quantitative estimate of drug-likeness (QED) is 0.815. The van der Waals surface area contributed by atoms with Crippen molar-refractivity contribution in [3.05, 3.63) is 57.8 Å². The number of fused-ring (bicyclic) bond motifs is 2. The molecule has 0 saturated carbocycles. The van der Waals surface area contributed by atoms with E-state index in [1.807, 2.05) is 23.9 Å². The Labute approximate surface area is 138 Å². The maximum atomic E-state index is 12.2. The SMILES string of the molecule is O=C1C2=CC(C(=O)NCCSCc3ccsc3)CC1=CC=C2. The van der Waals surface area contributed by atoms with Crippen LogP contribution in [0.3, 0.4) is 0 Å². The van der Waals surface area contributed by atoms with Crippen LogP contribution in [0.4, 0.5) is 0 Å². The molecule has 1 aromatic heterocycles. The lowest BCUT2D eigenvalue weighted by Gasteiger charge is -2.22. The minimum atomic E-state index is -0.217. The van der Waals surface area contributed by atoms with Crippen LogP contribution in [0.5, 0.6) is 0 Å². The fraction of sp³-hybridized carbons (Fsp3) is 0.294. The number of thiophene rings is 1. The smallest absolute Gasteiger partial charge is 0.227 e. The minimum absolute atomic E-state index is 0.0160. The fourth-order valence-electron chi connectivity index (χ4n) is 2.52. The minimum Gasteiger partial charge on any atom is -0.355 e. The fourth-order valence-corrected chi connectivity index (χ4v) is 4.10. The molecule has 0 aromatic carbocycles. The normalized spacial score (nSPS) is 19.6. The Bertz CT molecular complexity index is 656. The summed E-state index contributed by atoms with van der Waals surface area (Å²) >= 11 is 3.52. The predicted octanol–water partition coefficient (Wildman–Crippen LogP) is 3.11. The van der Waals surface area contributed by atoms with Gasteiger partial charge in [0, 0.05) is 29.2 Å². The largest absolute Gasteiger partial charge is 0.355 e. The van der Waals surface area contributed by atoms with E-state index in [0.29, 0.717) is 18.5 Å². The zero-order valence-corrected chi connectivity index (χ0v) is 13.7. The summed E-state index contributed by atoms with van der Waals surface area (Å²) in [4.78, 5) is 24.1. The number of thioether (sulfide) groups is 1. The van der Waals surface area contributed by atoms with Crippen LogP contribution in [0.1, 0.15) is 12.0 Å². The van der Waals surface area contributed by atoms with Crippen LogP contribution < -0.4 is 5.32 Å². The van der Waals surface area contributed by atoms with Crippen molar-refractivity contribution in [2.45, 2.75) is 12.2 Å². The van der Waals surface area contributed by atoms with Crippen molar-refractivity contribution in [3.63, 3.8) is 0 Å². The Hall–Kier alpha value is -1.59. The average molecular weight is 331 g/mol. The molecule has 1 amide bonds. The lowest BCUT2D eigenvalue weighted by molar-refractivity contribution is -0.123. The molecule has 0 radical (unpaired) electrons. The molecule has 1 unspecified atom stereocenters. The van der Waals surface area contributed by atoms with Crippen molar-refractivity contribution in [3.8, 4) is 0 Å². The molecule has 0 aliphatic heterocycles. The first-order chi connectivity index (χ1) is 10.7. The van der Waals surface area contributed by atoms with Gasteiger partial charge in [-0.15, -0.1) is 0 Å². The predicted molar refractivity (Wildman–Crippen MR) is 91.9 cm³/mol. The molecular weight excluding hydrogens is 314 g/mol. The number of nitrogens with one attached hydrogen (secondary N) is 1. The van der Waals surface area contributed by atoms with Gasteiger partial charge in [0.2, 0.25) is 5.91 Å². The van der Waals surface area contributed by atoms with Gasteiger partial charge in [0.25, 0.3) is 0 Å². The lowest BCUT2D eigenvalue weighted by Crippen LogP contribution is -2.34. The van der Waals surface area contributed by atoms with E-state index in [0.717, 1.165) is 17.1 Å². The van der Waals surface area contributed by atoms with Crippen molar-refractivity contribution in [1.29, 1.82) is 0 Å². The van der Waals surface area contributed by atoms with Crippen molar-refractivity contribution in [2.24, 2.45) is 5.92 Å². The highest BCUT2D eigenvalue weighted by Gasteiger charge is 2.28. The molecule has 0 fully saturated rings. The molecule has 1 heterocycles. The molecule has 0 saturated heterocycles. The standard InChI is InChI=1S/C17H17NO2S2/c19-16-13-2-1-3-14(16)9-15(8-13)17(20)18-5-7-22-11-12-4-6-21-10-12/h1-4,6,8,10,15H,5,7,9,11H2,(H,18,20). The summed E-state index contributed by atoms with van der Waals surface area (Å²) in [7, 11) is 0. The summed E-state index contributed by atoms with van der Waals surface area (Å²) in [5.74, 6) is 1.75. The third-order valence-electron chi connectivity index (χ3n) is 3.68. The first-order valence-corrected chi connectivity index (χ1v) is 9.34. The van der Waals surface area contributed by atoms with Crippen LogP contribution in [0, 0.1) is 5.92 Å². The number of allylic oxidation sites excluding steroid dienone is 5. The topological polar surface area (TPSA) is 46.2 Å². The van der Waals surface area contributed by atoms with Crippen LogP contribution in [0.25, 0.3) is 0 Å². The summed E-state index contributed by atoms with van der Waals surface area (Å²) in [6.07, 6.45) is 7.78. The van der Waals surface area contributed by atoms with Crippen molar-refractivity contribution >= 4 is 34.8 Å². The Morgan fingerprint density at radius 3 is 3.14 bits per heavy atom. The van der Waals surface area contributed by atoms with Gasteiger partial charge in [-0.2, -0.15) is 23.1 Å². The molecule has 3 rings (SSSR count). The number of amides is 1. The summed E-state index contributed by atoms with van der Waals surface area (Å²) in [6.45, 7) is 0.663. The summed E-state index contributed by atoms with van der Waals surface area (Å²) in [5.41, 5.74) is 2.73. The number of carbonyl (C=O) groups excluding carboxylic acids is 2. The molecule has 1 N–H and O–H groups in total. The highest BCUT2D eigenvalue weighted by Crippen LogP contribution is 2.28. The molecule has 2 aliphatic rings. The van der Waals surface area contributed by atoms with Gasteiger partial charge in [0.05, 0.1) is 5.92 Å². The Balaban J connectivity index is 1.43. The molecule has 1 atom stereocenters. The van der Waals surface area contributed by atoms with E-state index in [4.69, 9.17) is 0 Å². The van der Waals surface area contributed by atoms with Gasteiger partial charge in [-0.05, 0) is 28.8 Å². The number of carbonyl (C=O) groups is 2. The van der Waals surface area contributed by atoms with Gasteiger partial charge in [0.1, 0.15) is 0 Å². The summed E-state index contributed by atoms with van der Waals surface area (Å²) < 4.78 is 0. The zero-order valence-electron chi connectivity index (χ0n) is 12.1. The monoisotopic (exact) mass is 331 g/mol. The first-order valence-electron chi connectivity index (χ1n) is 7.24. The molecule has 1 aromatic rings. The van der Waals surface area contributed by atoms with Crippen LogP contribution in [-0.4, -0.2) is 24.0 Å². The van der Waals surface area contributed by atoms with Crippen LogP contribution >= 0.6 is 23.1 Å². The van der Waals surface area contributed by atoms with Gasteiger partial charge < -0.3 is 5.32 Å². The number of hydrogen-bond donors (Lipinski definition) is 1. The Morgan fingerprint density at radius 2 is 2.36 bits per heavy atom. The third kappa shape index (κ3) is 3.59. The number of hydrogen-bond acceptors (Lipinski definition) is 4. The van der Waals surface area contributed by atoms with E-state index in [1.54, 1.807) is 23.5 Å². The first kappa shape index (κ1) is 15.3. The third-order valence-corrected chi connectivity index (χ3v) is 5.44. The van der Waals surface area contributed by atoms with E-state index >= 15 is 0 Å². The Morgan fingerprint density at radius 1 is 1.45 bits per heavy atom. The number of rotatable bonds is 6. The lowest BCUT2D eigenvalue weighted by atomic mass is 9.82. The molecule has 0 spiro atoms. The van der Waals surface area contributed by atoms with E-state index in [2.05, 4.69) is 22.1 Å². The Kier molecular flexibility index (Phi) is 4.95. The number of ketones is 1. The van der Waals surface area contributed by atoms with E-state index in [1.165, 1.54) is 5.56 Å². The molecule has 2 aliphatic carbocycles. The second kappa shape index (κ2) is 7.11. The van der Waals surface area contributed by atoms with E-state index in [9.17, 15) is 9.59 Å². The van der Waals surface area contributed by atoms with E-state index < -0.39 is 0 Å². The van der Waals surface area contributed by atoms with Crippen LogP contribution in [-0.2, 0) is 15.3 Å². The molecule has 114 valence electrons. The maximum Gasteiger partial charge on any atom is 0.227 e. The highest BCUT2D eigenvalue weighted by atomic mass is 32.2. The zero-order chi connectivity index (χ0) is 15.4.